The third-order valence-corrected chi connectivity index (χ3v) is 8.28. The first-order chi connectivity index (χ1) is 16.2. The molecule has 2 aliphatic carbocycles. The number of aromatic amines is 1. The van der Waals surface area contributed by atoms with Crippen molar-refractivity contribution in [2.75, 3.05) is 20.7 Å². The van der Waals surface area contributed by atoms with E-state index in [-0.39, 0.29) is 34.5 Å². The fourth-order valence-electron chi connectivity index (χ4n) is 6.73. The lowest BCUT2D eigenvalue weighted by Gasteiger charge is -2.57. The zero-order chi connectivity index (χ0) is 23.8. The Hall–Kier alpha value is -3.00. The van der Waals surface area contributed by atoms with Gasteiger partial charge in [0.25, 0.3) is 0 Å². The molecule has 1 fully saturated rings. The summed E-state index contributed by atoms with van der Waals surface area (Å²) in [5.74, 6) is 1.11. The number of aromatic nitrogens is 2. The highest BCUT2D eigenvalue weighted by Crippen LogP contribution is 2.57. The lowest BCUT2D eigenvalue weighted by atomic mass is 9.52. The van der Waals surface area contributed by atoms with E-state index in [0.29, 0.717) is 18.6 Å². The Labute approximate surface area is 195 Å². The van der Waals surface area contributed by atoms with E-state index in [1.165, 1.54) is 12.1 Å². The van der Waals surface area contributed by atoms with Gasteiger partial charge in [0.2, 0.25) is 0 Å². The van der Waals surface area contributed by atoms with Gasteiger partial charge in [-0.15, -0.1) is 0 Å². The second-order valence-electron chi connectivity index (χ2n) is 9.85. The highest BCUT2D eigenvalue weighted by atomic mass is 19.4. The van der Waals surface area contributed by atoms with Gasteiger partial charge >= 0.3 is 6.18 Å². The molecule has 0 amide bonds. The van der Waals surface area contributed by atoms with E-state index in [1.54, 1.807) is 13.2 Å². The average Bonchev–Trinajstić information content (AvgIpc) is 3.22. The number of likely N-dealkylation sites (tertiary alicyclic amines) is 1. The van der Waals surface area contributed by atoms with Gasteiger partial charge < -0.3 is 19.7 Å². The second kappa shape index (κ2) is 7.25. The maximum absolute atomic E-state index is 13.7. The molecule has 1 saturated heterocycles. The number of hydrogen-bond donors (Lipinski definition) is 2. The summed E-state index contributed by atoms with van der Waals surface area (Å²) >= 11 is 0. The van der Waals surface area contributed by atoms with Crippen molar-refractivity contribution >= 4 is 0 Å². The van der Waals surface area contributed by atoms with Gasteiger partial charge in [-0.05, 0) is 62.9 Å². The van der Waals surface area contributed by atoms with Gasteiger partial charge in [-0.2, -0.15) is 13.2 Å². The number of ether oxygens (including phenoxy) is 1. The van der Waals surface area contributed by atoms with Crippen LogP contribution in [0.5, 0.6) is 11.5 Å². The van der Waals surface area contributed by atoms with Crippen molar-refractivity contribution in [3.8, 4) is 22.9 Å². The summed E-state index contributed by atoms with van der Waals surface area (Å²) in [5, 5.41) is 11.2. The minimum Gasteiger partial charge on any atom is -0.504 e. The third kappa shape index (κ3) is 2.94. The van der Waals surface area contributed by atoms with Crippen molar-refractivity contribution in [3.63, 3.8) is 0 Å². The summed E-state index contributed by atoms with van der Waals surface area (Å²) in [6.07, 6.45) is -1.53. The Morgan fingerprint density at radius 3 is 2.74 bits per heavy atom. The number of phenolic OH excluding ortho intramolecular Hbond substituents is 1. The number of piperidine rings is 1. The lowest BCUT2D eigenvalue weighted by Crippen LogP contribution is -2.61. The van der Waals surface area contributed by atoms with Crippen LogP contribution in [0.15, 0.2) is 36.4 Å². The van der Waals surface area contributed by atoms with Crippen LogP contribution in [0.3, 0.4) is 0 Å². The Bertz CT molecular complexity index is 1280. The van der Waals surface area contributed by atoms with Crippen molar-refractivity contribution in [1.29, 1.82) is 0 Å². The molecule has 3 aromatic rings. The Balaban J connectivity index is 1.50. The summed E-state index contributed by atoms with van der Waals surface area (Å²) in [5.41, 5.74) is 2.82. The molecule has 3 atom stereocenters. The normalized spacial score (nSPS) is 25.9. The van der Waals surface area contributed by atoms with E-state index in [4.69, 9.17) is 4.74 Å². The molecular weight excluding hydrogens is 443 g/mol. The number of alkyl halides is 3. The van der Waals surface area contributed by atoms with Crippen LogP contribution in [0.4, 0.5) is 13.2 Å². The first-order valence-electron chi connectivity index (χ1n) is 11.6. The molecule has 2 heterocycles. The number of benzene rings is 2. The van der Waals surface area contributed by atoms with Crippen LogP contribution in [-0.4, -0.2) is 46.7 Å². The largest absolute Gasteiger partial charge is 0.504 e. The number of nitrogens with zero attached hydrogens (tertiary/aromatic N) is 2. The first kappa shape index (κ1) is 21.5. The Morgan fingerprint density at radius 1 is 1.18 bits per heavy atom. The van der Waals surface area contributed by atoms with Crippen LogP contribution in [0.25, 0.3) is 11.4 Å². The van der Waals surface area contributed by atoms with E-state index in [2.05, 4.69) is 21.9 Å². The van der Waals surface area contributed by atoms with Crippen molar-refractivity contribution in [3.05, 3.63) is 64.5 Å². The van der Waals surface area contributed by atoms with Crippen LogP contribution in [0, 0.1) is 5.92 Å². The predicted molar refractivity (Wildman–Crippen MR) is 121 cm³/mol. The number of likely N-dealkylation sites (N-methyl/N-ethyl adjacent to an activating group) is 1. The maximum Gasteiger partial charge on any atom is 0.417 e. The minimum atomic E-state index is -4.46. The summed E-state index contributed by atoms with van der Waals surface area (Å²) in [7, 11) is 3.68. The van der Waals surface area contributed by atoms with Crippen LogP contribution in [0.2, 0.25) is 0 Å². The molecule has 5 nitrogen and oxygen atoms in total. The molecule has 0 spiro atoms. The molecule has 2 N–H and O–H groups in total. The zero-order valence-electron chi connectivity index (χ0n) is 19.0. The predicted octanol–water partition coefficient (Wildman–Crippen LogP) is 4.72. The number of halogens is 3. The second-order valence-corrected chi connectivity index (χ2v) is 9.85. The molecule has 2 bridgehead atoms. The SMILES string of the molecule is COc1ccc2c(c1O)[C@@]13CCN(C)[C@@H](C2)[C@H]1Cc1nc(-c2ccccc2C(F)(F)F)[nH]c1C3. The molecule has 0 saturated carbocycles. The van der Waals surface area contributed by atoms with Crippen molar-refractivity contribution in [1.82, 2.24) is 14.9 Å². The van der Waals surface area contributed by atoms with Crippen LogP contribution in [0.1, 0.15) is 34.5 Å². The number of methoxy groups -OCH3 is 1. The molecule has 1 aliphatic heterocycles. The number of hydrogen-bond acceptors (Lipinski definition) is 4. The standard InChI is InChI=1S/C26H26F3N3O2/c1-32-10-9-25-13-19-18(30-24(31-19)15-5-3-4-6-16(15)26(27,28)29)12-17(25)20(32)11-14-7-8-21(34-2)23(33)22(14)25/h3-8,17,20,33H,9-13H2,1-2H3,(H,30,31)/t17-,20+,25-/m1/s1. The van der Waals surface area contributed by atoms with Gasteiger partial charge in [0.15, 0.2) is 11.5 Å². The summed E-state index contributed by atoms with van der Waals surface area (Å²) < 4.78 is 46.5. The van der Waals surface area contributed by atoms with Crippen LogP contribution in [-0.2, 0) is 30.9 Å². The van der Waals surface area contributed by atoms with Crippen molar-refractivity contribution < 1.29 is 23.0 Å². The fourth-order valence-corrected chi connectivity index (χ4v) is 6.73. The number of nitrogens with one attached hydrogen (secondary N) is 1. The molecule has 8 heteroatoms. The number of rotatable bonds is 2. The summed E-state index contributed by atoms with van der Waals surface area (Å²) in [6.45, 7) is 0.893. The molecule has 2 aromatic carbocycles. The molecule has 34 heavy (non-hydrogen) atoms. The number of fused-ring (bicyclic) bond motifs is 2. The Kier molecular flexibility index (Phi) is 4.59. The van der Waals surface area contributed by atoms with E-state index in [1.807, 2.05) is 12.1 Å². The molecule has 0 unspecified atom stereocenters. The van der Waals surface area contributed by atoms with Gasteiger partial charge in [0.1, 0.15) is 5.82 Å². The summed E-state index contributed by atoms with van der Waals surface area (Å²) in [4.78, 5) is 10.3. The molecule has 0 radical (unpaired) electrons. The van der Waals surface area contributed by atoms with Gasteiger partial charge in [-0.25, -0.2) is 4.98 Å². The number of imidazole rings is 1. The quantitative estimate of drug-likeness (QED) is 0.570. The van der Waals surface area contributed by atoms with Gasteiger partial charge in [0, 0.05) is 28.3 Å². The monoisotopic (exact) mass is 469 g/mol. The highest BCUT2D eigenvalue weighted by Gasteiger charge is 2.56. The van der Waals surface area contributed by atoms with Crippen molar-refractivity contribution in [2.24, 2.45) is 5.92 Å². The number of phenols is 1. The molecule has 178 valence electrons. The fraction of sp³-hybridized carbons (Fsp3) is 0.423. The van der Waals surface area contributed by atoms with E-state index in [0.717, 1.165) is 48.0 Å². The molecule has 3 aliphatic rings. The van der Waals surface area contributed by atoms with Crippen LogP contribution < -0.4 is 4.74 Å². The van der Waals surface area contributed by atoms with E-state index >= 15 is 0 Å². The van der Waals surface area contributed by atoms with Gasteiger partial charge in [-0.1, -0.05) is 24.3 Å². The van der Waals surface area contributed by atoms with E-state index < -0.39 is 11.7 Å². The zero-order valence-corrected chi connectivity index (χ0v) is 19.0. The third-order valence-electron chi connectivity index (χ3n) is 8.28. The Morgan fingerprint density at radius 2 is 1.97 bits per heavy atom. The summed E-state index contributed by atoms with van der Waals surface area (Å²) in [6, 6.07) is 9.71. The molecule has 6 rings (SSSR count). The van der Waals surface area contributed by atoms with Crippen LogP contribution >= 0.6 is 0 Å². The smallest absolute Gasteiger partial charge is 0.417 e. The molecular formula is C26H26F3N3O2. The number of H-pyrrole nitrogens is 1. The number of aromatic hydroxyl groups is 1. The minimum absolute atomic E-state index is 0.0647. The molecule has 1 aromatic heterocycles. The van der Waals surface area contributed by atoms with Crippen molar-refractivity contribution in [2.45, 2.75) is 43.3 Å². The maximum atomic E-state index is 13.7. The topological polar surface area (TPSA) is 61.4 Å². The van der Waals surface area contributed by atoms with E-state index in [9.17, 15) is 18.3 Å². The highest BCUT2D eigenvalue weighted by molar-refractivity contribution is 5.63. The van der Waals surface area contributed by atoms with Gasteiger partial charge in [0.05, 0.1) is 18.4 Å². The average molecular weight is 470 g/mol. The lowest BCUT2D eigenvalue weighted by molar-refractivity contribution is -0.137. The first-order valence-corrected chi connectivity index (χ1v) is 11.6. The van der Waals surface area contributed by atoms with Gasteiger partial charge in [-0.3, -0.25) is 0 Å².